The standard InChI is InChI=1S/C24H30O8/c1-14-8-6-11-19-22(32-24(3,4)31-19)18(26)10-7-9-16-12-17(28-5)13-20(30-15(2)25)21(16)23(27)29-14/h6-7,9,11-14,18-19,22,26H,8,10H2,1-5H3/b9-7+,11-6+/t14-,18-,19-,22-/m0/s1. The maximum atomic E-state index is 13.0. The van der Waals surface area contributed by atoms with Gasteiger partial charge >= 0.3 is 11.9 Å². The maximum absolute atomic E-state index is 13.0. The Bertz CT molecular complexity index is 917. The fourth-order valence-corrected chi connectivity index (χ4v) is 3.74. The molecular weight excluding hydrogens is 416 g/mol. The third-order valence-corrected chi connectivity index (χ3v) is 5.12. The van der Waals surface area contributed by atoms with Gasteiger partial charge in [-0.05, 0) is 38.8 Å². The fraction of sp³-hybridized carbons (Fsp3) is 0.500. The summed E-state index contributed by atoms with van der Waals surface area (Å²) in [7, 11) is 1.47. The van der Waals surface area contributed by atoms with Crippen molar-refractivity contribution >= 4 is 18.0 Å². The average Bonchev–Trinajstić information content (AvgIpc) is 3.00. The molecule has 0 saturated carbocycles. The highest BCUT2D eigenvalue weighted by atomic mass is 16.8. The van der Waals surface area contributed by atoms with E-state index in [1.165, 1.54) is 20.1 Å². The Kier molecular flexibility index (Phi) is 7.38. The van der Waals surface area contributed by atoms with Crippen LogP contribution in [0, 0.1) is 0 Å². The number of methoxy groups -OCH3 is 1. The molecule has 1 saturated heterocycles. The molecule has 0 unspecified atom stereocenters. The van der Waals surface area contributed by atoms with Crippen molar-refractivity contribution in [2.75, 3.05) is 7.11 Å². The van der Waals surface area contributed by atoms with Crippen molar-refractivity contribution in [3.8, 4) is 11.5 Å². The van der Waals surface area contributed by atoms with Gasteiger partial charge < -0.3 is 28.8 Å². The number of carbonyl (C=O) groups excluding carboxylic acids is 2. The number of carbonyl (C=O) groups is 2. The SMILES string of the molecule is COc1cc2c(c(OC(C)=O)c1)C(=O)O[C@@H](C)C/C=C/[C@@H]1OC(C)(C)O[C@H]1[C@@H](O)C/C=C/2. The van der Waals surface area contributed by atoms with E-state index >= 15 is 0 Å². The predicted molar refractivity (Wildman–Crippen MR) is 116 cm³/mol. The first-order chi connectivity index (χ1) is 15.1. The van der Waals surface area contributed by atoms with Gasteiger partial charge in [0.25, 0.3) is 0 Å². The number of esters is 2. The summed E-state index contributed by atoms with van der Waals surface area (Å²) in [5, 5.41) is 10.8. The molecule has 8 nitrogen and oxygen atoms in total. The van der Waals surface area contributed by atoms with Gasteiger partial charge in [-0.3, -0.25) is 4.79 Å². The summed E-state index contributed by atoms with van der Waals surface area (Å²) in [4.78, 5) is 24.6. The number of hydrogen-bond acceptors (Lipinski definition) is 8. The minimum Gasteiger partial charge on any atom is -0.497 e. The Labute approximate surface area is 187 Å². The Hall–Kier alpha value is -2.68. The smallest absolute Gasteiger partial charge is 0.342 e. The van der Waals surface area contributed by atoms with E-state index in [1.54, 1.807) is 39.0 Å². The molecule has 0 aromatic heterocycles. The quantitative estimate of drug-likeness (QED) is 0.419. The van der Waals surface area contributed by atoms with E-state index in [4.69, 9.17) is 23.7 Å². The lowest BCUT2D eigenvalue weighted by Gasteiger charge is -2.21. The van der Waals surface area contributed by atoms with Crippen molar-refractivity contribution in [2.24, 2.45) is 0 Å². The van der Waals surface area contributed by atoms with Crippen molar-refractivity contribution in [2.45, 2.75) is 70.7 Å². The molecule has 2 aliphatic heterocycles. The van der Waals surface area contributed by atoms with Gasteiger partial charge in [-0.1, -0.05) is 24.3 Å². The largest absolute Gasteiger partial charge is 0.497 e. The minimum atomic E-state index is -0.836. The summed E-state index contributed by atoms with van der Waals surface area (Å²) >= 11 is 0. The maximum Gasteiger partial charge on any atom is 0.342 e. The molecule has 174 valence electrons. The summed E-state index contributed by atoms with van der Waals surface area (Å²) in [6.07, 6.45) is 5.47. The summed E-state index contributed by atoms with van der Waals surface area (Å²) in [6, 6.07) is 3.11. The molecule has 32 heavy (non-hydrogen) atoms. The van der Waals surface area contributed by atoms with E-state index in [0.29, 0.717) is 17.7 Å². The number of aliphatic hydroxyl groups excluding tert-OH is 1. The van der Waals surface area contributed by atoms with E-state index in [1.807, 2.05) is 12.2 Å². The van der Waals surface area contributed by atoms with Crippen LogP contribution in [0.4, 0.5) is 0 Å². The molecule has 0 radical (unpaired) electrons. The molecule has 1 N–H and O–H groups in total. The highest BCUT2D eigenvalue weighted by molar-refractivity contribution is 5.98. The summed E-state index contributed by atoms with van der Waals surface area (Å²) in [5.41, 5.74) is 0.553. The van der Waals surface area contributed by atoms with Crippen LogP contribution >= 0.6 is 0 Å². The van der Waals surface area contributed by atoms with Gasteiger partial charge in [0.1, 0.15) is 35.4 Å². The zero-order valence-corrected chi connectivity index (χ0v) is 19.0. The van der Waals surface area contributed by atoms with Gasteiger partial charge in [0.05, 0.1) is 13.2 Å². The van der Waals surface area contributed by atoms with E-state index < -0.39 is 42.1 Å². The Morgan fingerprint density at radius 2 is 1.94 bits per heavy atom. The van der Waals surface area contributed by atoms with E-state index in [2.05, 4.69) is 0 Å². The molecule has 0 amide bonds. The molecule has 8 heteroatoms. The lowest BCUT2D eigenvalue weighted by molar-refractivity contribution is -0.153. The zero-order chi connectivity index (χ0) is 23.5. The van der Waals surface area contributed by atoms with Crippen molar-refractivity contribution in [1.29, 1.82) is 0 Å². The number of benzene rings is 1. The van der Waals surface area contributed by atoms with Crippen LogP contribution in [0.15, 0.2) is 30.4 Å². The predicted octanol–water partition coefficient (Wildman–Crippen LogP) is 3.41. The molecule has 0 aliphatic carbocycles. The second kappa shape index (κ2) is 9.85. The van der Waals surface area contributed by atoms with Gasteiger partial charge in [-0.2, -0.15) is 0 Å². The van der Waals surface area contributed by atoms with E-state index in [-0.39, 0.29) is 17.7 Å². The van der Waals surface area contributed by atoms with Crippen LogP contribution in [-0.4, -0.2) is 54.4 Å². The molecule has 1 aromatic carbocycles. The number of rotatable bonds is 2. The Morgan fingerprint density at radius 3 is 2.62 bits per heavy atom. The van der Waals surface area contributed by atoms with Gasteiger partial charge in [0.15, 0.2) is 5.79 Å². The Balaban J connectivity index is 2.02. The monoisotopic (exact) mass is 446 g/mol. The number of cyclic esters (lactones) is 1. The number of aliphatic hydroxyl groups is 1. The number of fused-ring (bicyclic) bond motifs is 2. The lowest BCUT2D eigenvalue weighted by atomic mass is 10.0. The first-order valence-electron chi connectivity index (χ1n) is 10.6. The number of ether oxygens (including phenoxy) is 5. The second-order valence-electron chi connectivity index (χ2n) is 8.33. The number of hydrogen-bond donors (Lipinski definition) is 1. The van der Waals surface area contributed by atoms with Crippen molar-refractivity contribution in [3.05, 3.63) is 41.5 Å². The van der Waals surface area contributed by atoms with Crippen LogP contribution in [0.5, 0.6) is 11.5 Å². The van der Waals surface area contributed by atoms with Gasteiger partial charge in [0, 0.05) is 19.4 Å². The topological polar surface area (TPSA) is 101 Å². The molecule has 1 fully saturated rings. The van der Waals surface area contributed by atoms with Crippen LogP contribution in [0.3, 0.4) is 0 Å². The molecule has 3 rings (SSSR count). The van der Waals surface area contributed by atoms with Crippen molar-refractivity contribution in [1.82, 2.24) is 0 Å². The van der Waals surface area contributed by atoms with Gasteiger partial charge in [-0.15, -0.1) is 0 Å². The van der Waals surface area contributed by atoms with Crippen molar-refractivity contribution < 1.29 is 38.4 Å². The van der Waals surface area contributed by atoms with Crippen LogP contribution in [-0.2, 0) is 19.0 Å². The Morgan fingerprint density at radius 1 is 1.19 bits per heavy atom. The summed E-state index contributed by atoms with van der Waals surface area (Å²) in [6.45, 7) is 6.62. The molecular formula is C24H30O8. The van der Waals surface area contributed by atoms with Gasteiger partial charge in [0.2, 0.25) is 0 Å². The second-order valence-corrected chi connectivity index (χ2v) is 8.33. The minimum absolute atomic E-state index is 0.0474. The van der Waals surface area contributed by atoms with Crippen LogP contribution in [0.1, 0.15) is 56.5 Å². The van der Waals surface area contributed by atoms with E-state index in [0.717, 1.165) is 0 Å². The molecule has 2 aliphatic rings. The highest BCUT2D eigenvalue weighted by Gasteiger charge is 2.43. The third kappa shape index (κ3) is 5.76. The molecule has 0 bridgehead atoms. The zero-order valence-electron chi connectivity index (χ0n) is 19.0. The molecule has 2 heterocycles. The summed E-state index contributed by atoms with van der Waals surface area (Å²) in [5.74, 6) is -1.57. The first kappa shape index (κ1) is 24.0. The highest BCUT2D eigenvalue weighted by Crippen LogP contribution is 2.34. The van der Waals surface area contributed by atoms with Crippen LogP contribution in [0.2, 0.25) is 0 Å². The lowest BCUT2D eigenvalue weighted by Crippen LogP contribution is -2.34. The third-order valence-electron chi connectivity index (χ3n) is 5.12. The normalized spacial score (nSPS) is 29.6. The summed E-state index contributed by atoms with van der Waals surface area (Å²) < 4.78 is 28.0. The molecule has 0 spiro atoms. The molecule has 1 aromatic rings. The average molecular weight is 446 g/mol. The van der Waals surface area contributed by atoms with Crippen LogP contribution in [0.25, 0.3) is 6.08 Å². The van der Waals surface area contributed by atoms with Crippen molar-refractivity contribution in [3.63, 3.8) is 0 Å². The molecule has 4 atom stereocenters. The van der Waals surface area contributed by atoms with E-state index in [9.17, 15) is 14.7 Å². The van der Waals surface area contributed by atoms with Crippen LogP contribution < -0.4 is 9.47 Å². The van der Waals surface area contributed by atoms with Gasteiger partial charge in [-0.25, -0.2) is 4.79 Å². The first-order valence-corrected chi connectivity index (χ1v) is 10.6. The fourth-order valence-electron chi connectivity index (χ4n) is 3.74.